The molecule has 162 valence electrons. The van der Waals surface area contributed by atoms with Gasteiger partial charge in [-0.2, -0.15) is 0 Å². The van der Waals surface area contributed by atoms with Gasteiger partial charge in [0, 0.05) is 18.9 Å². The molecule has 5 N–H and O–H groups in total. The van der Waals surface area contributed by atoms with Gasteiger partial charge in [0.2, 0.25) is 0 Å². The average molecular weight is 436 g/mol. The van der Waals surface area contributed by atoms with Crippen LogP contribution in [0.1, 0.15) is 46.3 Å². The Hall–Kier alpha value is -2.91. The lowest BCUT2D eigenvalue weighted by atomic mass is 10.1. The Morgan fingerprint density at radius 3 is 2.60 bits per heavy atom. The third-order valence-electron chi connectivity index (χ3n) is 4.78. The Balaban J connectivity index is 0.00000320. The maximum atomic E-state index is 12.5. The molecule has 0 unspecified atom stereocenters. The van der Waals surface area contributed by atoms with Crippen molar-refractivity contribution in [3.8, 4) is 0 Å². The number of halogens is 1. The molecular formula is C20H26ClN5O4. The Morgan fingerprint density at radius 2 is 1.90 bits per heavy atom. The first-order chi connectivity index (χ1) is 14.0. The third kappa shape index (κ3) is 6.30. The van der Waals surface area contributed by atoms with Crippen molar-refractivity contribution in [1.29, 1.82) is 0 Å². The summed E-state index contributed by atoms with van der Waals surface area (Å²) < 4.78 is 5.22. The minimum absolute atomic E-state index is 0. The van der Waals surface area contributed by atoms with E-state index in [-0.39, 0.29) is 42.4 Å². The van der Waals surface area contributed by atoms with E-state index in [4.69, 9.17) is 4.74 Å². The fourth-order valence-corrected chi connectivity index (χ4v) is 3.15. The number of ether oxygens (including phenoxy) is 1. The van der Waals surface area contributed by atoms with Crippen LogP contribution in [-0.2, 0) is 16.1 Å². The molecule has 1 aliphatic heterocycles. The van der Waals surface area contributed by atoms with E-state index < -0.39 is 17.9 Å². The zero-order valence-corrected chi connectivity index (χ0v) is 17.4. The van der Waals surface area contributed by atoms with Gasteiger partial charge in [0.05, 0.1) is 19.4 Å². The summed E-state index contributed by atoms with van der Waals surface area (Å²) >= 11 is 0. The van der Waals surface area contributed by atoms with E-state index >= 15 is 0 Å². The Morgan fingerprint density at radius 1 is 1.20 bits per heavy atom. The number of nitrogens with one attached hydrogen (secondary N) is 3. The molecule has 2 aromatic rings. The number of hydrogen-bond acceptors (Lipinski definition) is 5. The number of benzene rings is 1. The summed E-state index contributed by atoms with van der Waals surface area (Å²) in [5, 5.41) is 7.67. The predicted molar refractivity (Wildman–Crippen MR) is 104 cm³/mol. The minimum atomic E-state index is -0.882. The van der Waals surface area contributed by atoms with Crippen molar-refractivity contribution >= 4 is 17.8 Å². The van der Waals surface area contributed by atoms with Gasteiger partial charge in [0.25, 0.3) is 11.8 Å². The van der Waals surface area contributed by atoms with Crippen molar-refractivity contribution in [2.45, 2.75) is 38.5 Å². The van der Waals surface area contributed by atoms with Gasteiger partial charge in [0.1, 0.15) is 18.3 Å². The number of piperidine rings is 1. The maximum Gasteiger partial charge on any atom is 0.328 e. The topological polar surface area (TPSA) is 130 Å². The zero-order valence-electron chi connectivity index (χ0n) is 16.7. The van der Waals surface area contributed by atoms with Gasteiger partial charge >= 0.3 is 5.97 Å². The van der Waals surface area contributed by atoms with Gasteiger partial charge in [-0.05, 0) is 12.5 Å². The highest BCUT2D eigenvalue weighted by Gasteiger charge is 2.26. The van der Waals surface area contributed by atoms with Crippen LogP contribution in [0.25, 0.3) is 0 Å². The summed E-state index contributed by atoms with van der Waals surface area (Å²) in [4.78, 5) is 43.9. The monoisotopic (exact) mass is 435 g/mol. The molecule has 0 bridgehead atoms. The highest BCUT2D eigenvalue weighted by molar-refractivity contribution is 6.05. The summed E-state index contributed by atoms with van der Waals surface area (Å²) in [6.45, 7) is 3.57. The first-order valence-electron chi connectivity index (χ1n) is 9.72. The molecule has 30 heavy (non-hydrogen) atoms. The molecule has 0 saturated carbocycles. The second-order valence-electron chi connectivity index (χ2n) is 7.03. The van der Waals surface area contributed by atoms with Crippen molar-refractivity contribution in [3.05, 3.63) is 53.6 Å². The van der Waals surface area contributed by atoms with Crippen LogP contribution in [0.3, 0.4) is 0 Å². The summed E-state index contributed by atoms with van der Waals surface area (Å²) in [5.41, 5.74) is 0.889. The summed E-state index contributed by atoms with van der Waals surface area (Å²) in [6, 6.07) is 8.46. The number of H-pyrrole nitrogens is 1. The van der Waals surface area contributed by atoms with Crippen LogP contribution in [0, 0.1) is 0 Å². The molecule has 9 nitrogen and oxygen atoms in total. The third-order valence-corrected chi connectivity index (χ3v) is 4.78. The van der Waals surface area contributed by atoms with Crippen molar-refractivity contribution < 1.29 is 36.8 Å². The smallest absolute Gasteiger partial charge is 0.328 e. The number of nitrogens with zero attached hydrogens (tertiary/aromatic N) is 1. The van der Waals surface area contributed by atoms with Crippen LogP contribution in [-0.4, -0.2) is 52.9 Å². The standard InChI is InChI=1S/C20H25N5O4.ClH/c1-13(20(28)29-11-14-5-3-2-4-6-14)24-18(26)16-17(23-12-22-16)19(27)25-15-7-9-21-10-8-15;/h2-6,12-13,15,21H,7-11H2,1H3,(H,22,23)(H,24,26)(H,25,27);1H/t13-;/m0./s1. The normalized spacial score (nSPS) is 14.8. The van der Waals surface area contributed by atoms with Crippen LogP contribution < -0.4 is 28.4 Å². The molecule has 0 aliphatic carbocycles. The van der Waals surface area contributed by atoms with Crippen LogP contribution >= 0.6 is 0 Å². The quantitative estimate of drug-likeness (QED) is 0.339. The highest BCUT2D eigenvalue weighted by Crippen LogP contribution is 2.07. The number of carbonyl (C=O) groups is 3. The van der Waals surface area contributed by atoms with Gasteiger partial charge in [0.15, 0.2) is 5.69 Å². The number of aromatic amines is 1. The molecule has 1 atom stereocenters. The van der Waals surface area contributed by atoms with E-state index in [0.717, 1.165) is 31.5 Å². The molecule has 1 aromatic carbocycles. The van der Waals surface area contributed by atoms with Crippen LogP contribution in [0.4, 0.5) is 0 Å². The number of amides is 2. The van der Waals surface area contributed by atoms with E-state index in [1.165, 1.54) is 13.3 Å². The first kappa shape index (κ1) is 23.4. The Kier molecular flexibility index (Phi) is 8.82. The highest BCUT2D eigenvalue weighted by atomic mass is 35.5. The number of hydrogen-bond donors (Lipinski definition) is 4. The van der Waals surface area contributed by atoms with Crippen molar-refractivity contribution in [3.63, 3.8) is 0 Å². The molecule has 2 amide bonds. The maximum absolute atomic E-state index is 12.5. The lowest BCUT2D eigenvalue weighted by Crippen LogP contribution is -3.00. The number of aromatic nitrogens is 2. The first-order valence-corrected chi connectivity index (χ1v) is 9.72. The molecule has 1 fully saturated rings. The molecule has 2 heterocycles. The molecule has 1 aliphatic rings. The molecular weight excluding hydrogens is 410 g/mol. The second-order valence-corrected chi connectivity index (χ2v) is 7.03. The van der Waals surface area contributed by atoms with Gasteiger partial charge in [-0.15, -0.1) is 0 Å². The van der Waals surface area contributed by atoms with Crippen molar-refractivity contribution in [2.24, 2.45) is 0 Å². The number of imidazole rings is 1. The SMILES string of the molecule is C[C@H](NC(=O)c1nc[nH]c1C(=O)NC1CC[NH2+]CC1)C(=O)OCc1ccccc1.[Cl-]. The summed E-state index contributed by atoms with van der Waals surface area (Å²) in [6.07, 6.45) is 3.05. The molecule has 1 saturated heterocycles. The van der Waals surface area contributed by atoms with Crippen LogP contribution in [0.15, 0.2) is 36.7 Å². The second kappa shape index (κ2) is 11.3. The molecule has 10 heteroatoms. The fraction of sp³-hybridized carbons (Fsp3) is 0.400. The largest absolute Gasteiger partial charge is 1.00 e. The molecule has 1 aromatic heterocycles. The summed E-state index contributed by atoms with van der Waals surface area (Å²) in [5.74, 6) is -1.56. The number of quaternary nitrogens is 1. The summed E-state index contributed by atoms with van der Waals surface area (Å²) in [7, 11) is 0. The van der Waals surface area contributed by atoms with Crippen molar-refractivity contribution in [2.75, 3.05) is 13.1 Å². The van der Waals surface area contributed by atoms with Crippen LogP contribution in [0.2, 0.25) is 0 Å². The number of rotatable bonds is 7. The van der Waals surface area contributed by atoms with E-state index in [0.29, 0.717) is 0 Å². The average Bonchev–Trinajstić information content (AvgIpc) is 3.24. The van der Waals surface area contributed by atoms with E-state index in [1.54, 1.807) is 0 Å². The minimum Gasteiger partial charge on any atom is -1.00 e. The van der Waals surface area contributed by atoms with Crippen molar-refractivity contribution in [1.82, 2.24) is 20.6 Å². The van der Waals surface area contributed by atoms with Gasteiger partial charge in [-0.1, -0.05) is 30.3 Å². The zero-order chi connectivity index (χ0) is 20.6. The number of carbonyl (C=O) groups excluding carboxylic acids is 3. The van der Waals surface area contributed by atoms with Crippen LogP contribution in [0.5, 0.6) is 0 Å². The van der Waals surface area contributed by atoms with E-state index in [9.17, 15) is 14.4 Å². The van der Waals surface area contributed by atoms with E-state index in [2.05, 4.69) is 25.9 Å². The van der Waals surface area contributed by atoms with Gasteiger partial charge < -0.3 is 38.1 Å². The molecule has 0 spiro atoms. The van der Waals surface area contributed by atoms with Gasteiger partial charge in [-0.3, -0.25) is 9.59 Å². The number of esters is 1. The predicted octanol–water partition coefficient (Wildman–Crippen LogP) is -3.27. The lowest BCUT2D eigenvalue weighted by molar-refractivity contribution is -0.663. The fourth-order valence-electron chi connectivity index (χ4n) is 3.15. The van der Waals surface area contributed by atoms with Gasteiger partial charge in [-0.25, -0.2) is 9.78 Å². The van der Waals surface area contributed by atoms with E-state index in [1.807, 2.05) is 30.3 Å². The Bertz CT molecular complexity index is 852. The molecule has 3 rings (SSSR count). The molecule has 0 radical (unpaired) electrons. The number of nitrogens with two attached hydrogens (primary N) is 1. The Labute approximate surface area is 180 Å². The lowest BCUT2D eigenvalue weighted by Gasteiger charge is -2.21.